The lowest BCUT2D eigenvalue weighted by atomic mass is 9.99. The molecule has 0 unspecified atom stereocenters. The summed E-state index contributed by atoms with van der Waals surface area (Å²) in [5, 5.41) is 6.53. The van der Waals surface area contributed by atoms with Gasteiger partial charge in [0.25, 0.3) is 5.91 Å². The summed E-state index contributed by atoms with van der Waals surface area (Å²) in [5.41, 5.74) is 8.11. The Hall–Kier alpha value is -2.21. The van der Waals surface area contributed by atoms with Crippen molar-refractivity contribution in [2.24, 2.45) is 0 Å². The molecule has 0 spiro atoms. The highest BCUT2D eigenvalue weighted by Crippen LogP contribution is 2.26. The third-order valence-electron chi connectivity index (χ3n) is 3.66. The number of hydrogen-bond acceptors (Lipinski definition) is 4. The molecule has 110 valence electrons. The van der Waals surface area contributed by atoms with Gasteiger partial charge in [0.15, 0.2) is 5.82 Å². The number of aromatic nitrogens is 2. The summed E-state index contributed by atoms with van der Waals surface area (Å²) in [4.78, 5) is 14.2. The van der Waals surface area contributed by atoms with E-state index in [1.165, 1.54) is 5.56 Å². The van der Waals surface area contributed by atoms with E-state index in [2.05, 4.69) is 10.2 Å². The van der Waals surface area contributed by atoms with Crippen molar-refractivity contribution in [1.29, 1.82) is 0 Å². The van der Waals surface area contributed by atoms with Gasteiger partial charge < -0.3 is 15.4 Å². The number of nitrogens with two attached hydrogens (primary N) is 1. The molecule has 0 radical (unpaired) electrons. The van der Waals surface area contributed by atoms with Crippen LogP contribution in [0.5, 0.6) is 5.75 Å². The van der Waals surface area contributed by atoms with E-state index < -0.39 is 0 Å². The van der Waals surface area contributed by atoms with Crippen molar-refractivity contribution in [2.75, 3.05) is 19.4 Å². The number of methoxy groups -OCH3 is 1. The lowest BCUT2D eigenvalue weighted by Crippen LogP contribution is -2.36. The van der Waals surface area contributed by atoms with Crippen molar-refractivity contribution < 1.29 is 9.53 Å². The molecule has 1 aliphatic heterocycles. The first kappa shape index (κ1) is 13.8. The van der Waals surface area contributed by atoms with Crippen molar-refractivity contribution in [3.8, 4) is 5.75 Å². The number of fused-ring (bicyclic) bond motifs is 1. The number of rotatable bonds is 2. The second-order valence-electron chi connectivity index (χ2n) is 4.91. The maximum absolute atomic E-state index is 12.5. The Kier molecular flexibility index (Phi) is 3.47. The van der Waals surface area contributed by atoms with E-state index in [9.17, 15) is 4.79 Å². The van der Waals surface area contributed by atoms with E-state index in [-0.39, 0.29) is 22.4 Å². The molecule has 0 saturated carbocycles. The summed E-state index contributed by atoms with van der Waals surface area (Å²) >= 11 is 5.98. The molecule has 7 heteroatoms. The van der Waals surface area contributed by atoms with Crippen molar-refractivity contribution in [3.63, 3.8) is 0 Å². The predicted molar refractivity (Wildman–Crippen MR) is 79.4 cm³/mol. The third kappa shape index (κ3) is 2.42. The number of nitrogens with one attached hydrogen (secondary N) is 1. The number of nitrogens with zero attached hydrogens (tertiary/aromatic N) is 2. The van der Waals surface area contributed by atoms with Crippen molar-refractivity contribution in [3.05, 3.63) is 40.0 Å². The number of nitrogen functional groups attached to an aromatic ring is 1. The smallest absolute Gasteiger partial charge is 0.273 e. The van der Waals surface area contributed by atoms with E-state index in [1.807, 2.05) is 18.2 Å². The molecule has 0 aliphatic carbocycles. The topological polar surface area (TPSA) is 84.2 Å². The number of carbonyl (C=O) groups excluding carboxylic acids is 1. The molecular weight excluding hydrogens is 292 g/mol. The molecule has 0 bridgehead atoms. The quantitative estimate of drug-likeness (QED) is 0.887. The number of amides is 1. The molecule has 3 N–H and O–H groups in total. The summed E-state index contributed by atoms with van der Waals surface area (Å²) in [6.07, 6.45) is 0.777. The minimum Gasteiger partial charge on any atom is -0.497 e. The number of benzene rings is 1. The highest BCUT2D eigenvalue weighted by atomic mass is 35.5. The van der Waals surface area contributed by atoms with Gasteiger partial charge in [-0.3, -0.25) is 9.89 Å². The molecule has 1 amide bonds. The molecule has 21 heavy (non-hydrogen) atoms. The van der Waals surface area contributed by atoms with Gasteiger partial charge in [-0.05, 0) is 29.7 Å². The average molecular weight is 307 g/mol. The summed E-state index contributed by atoms with van der Waals surface area (Å²) < 4.78 is 5.22. The van der Waals surface area contributed by atoms with E-state index in [0.717, 1.165) is 17.7 Å². The molecule has 1 aromatic carbocycles. The van der Waals surface area contributed by atoms with Gasteiger partial charge in [0.1, 0.15) is 16.5 Å². The molecule has 2 heterocycles. The Labute approximate surface area is 126 Å². The van der Waals surface area contributed by atoms with Crippen LogP contribution in [0.15, 0.2) is 18.2 Å². The Morgan fingerprint density at radius 2 is 2.29 bits per heavy atom. The molecule has 2 aromatic rings. The Balaban J connectivity index is 1.83. The number of halogens is 1. The van der Waals surface area contributed by atoms with Crippen LogP contribution in [0.4, 0.5) is 5.82 Å². The van der Waals surface area contributed by atoms with Crippen molar-refractivity contribution >= 4 is 23.3 Å². The zero-order chi connectivity index (χ0) is 15.0. The summed E-state index contributed by atoms with van der Waals surface area (Å²) in [6.45, 7) is 1.15. The minimum absolute atomic E-state index is 0.141. The van der Waals surface area contributed by atoms with Crippen LogP contribution in [0.1, 0.15) is 21.6 Å². The van der Waals surface area contributed by atoms with Crippen molar-refractivity contribution in [2.45, 2.75) is 13.0 Å². The summed E-state index contributed by atoms with van der Waals surface area (Å²) in [5.74, 6) is 0.783. The highest BCUT2D eigenvalue weighted by molar-refractivity contribution is 6.35. The number of aromatic amines is 1. The zero-order valence-electron chi connectivity index (χ0n) is 11.5. The van der Waals surface area contributed by atoms with Crippen LogP contribution in [0.2, 0.25) is 5.02 Å². The second kappa shape index (κ2) is 5.29. The van der Waals surface area contributed by atoms with Gasteiger partial charge in [0, 0.05) is 13.1 Å². The summed E-state index contributed by atoms with van der Waals surface area (Å²) in [7, 11) is 1.64. The van der Waals surface area contributed by atoms with Crippen LogP contribution in [-0.4, -0.2) is 34.7 Å². The fourth-order valence-electron chi connectivity index (χ4n) is 2.47. The van der Waals surface area contributed by atoms with Gasteiger partial charge in [-0.1, -0.05) is 17.7 Å². The lowest BCUT2D eigenvalue weighted by Gasteiger charge is -2.28. The molecule has 0 fully saturated rings. The molecule has 1 aromatic heterocycles. The average Bonchev–Trinajstić information content (AvgIpc) is 2.85. The van der Waals surface area contributed by atoms with Crippen LogP contribution in [0.25, 0.3) is 0 Å². The fourth-order valence-corrected chi connectivity index (χ4v) is 2.64. The maximum Gasteiger partial charge on any atom is 0.273 e. The fraction of sp³-hybridized carbons (Fsp3) is 0.286. The van der Waals surface area contributed by atoms with E-state index in [1.54, 1.807) is 12.0 Å². The molecule has 0 saturated heterocycles. The van der Waals surface area contributed by atoms with Crippen LogP contribution in [-0.2, 0) is 13.0 Å². The van der Waals surface area contributed by atoms with Crippen molar-refractivity contribution in [1.82, 2.24) is 15.1 Å². The van der Waals surface area contributed by atoms with Gasteiger partial charge in [-0.25, -0.2) is 0 Å². The standard InChI is InChI=1S/C14H15ClN4O2/c1-21-10-3-2-9-7-19(5-4-8(9)6-10)14(20)12-11(15)13(16)18-17-12/h2-3,6H,4-5,7H2,1H3,(H3,16,17,18). The number of carbonyl (C=O) groups is 1. The Bertz CT molecular complexity index is 698. The van der Waals surface area contributed by atoms with Gasteiger partial charge in [0.05, 0.1) is 7.11 Å². The van der Waals surface area contributed by atoms with Gasteiger partial charge in [-0.15, -0.1) is 0 Å². The van der Waals surface area contributed by atoms with Crippen LogP contribution in [0, 0.1) is 0 Å². The van der Waals surface area contributed by atoms with Gasteiger partial charge in [0.2, 0.25) is 0 Å². The highest BCUT2D eigenvalue weighted by Gasteiger charge is 2.25. The largest absolute Gasteiger partial charge is 0.497 e. The first-order chi connectivity index (χ1) is 10.1. The van der Waals surface area contributed by atoms with Crippen LogP contribution in [0.3, 0.4) is 0 Å². The zero-order valence-corrected chi connectivity index (χ0v) is 12.3. The van der Waals surface area contributed by atoms with E-state index in [0.29, 0.717) is 13.1 Å². The van der Waals surface area contributed by atoms with E-state index >= 15 is 0 Å². The Morgan fingerprint density at radius 1 is 1.48 bits per heavy atom. The number of hydrogen-bond donors (Lipinski definition) is 2. The molecule has 6 nitrogen and oxygen atoms in total. The maximum atomic E-state index is 12.5. The predicted octanol–water partition coefficient (Wildman–Crippen LogP) is 1.85. The monoisotopic (exact) mass is 306 g/mol. The molecular formula is C14H15ClN4O2. The normalized spacial score (nSPS) is 13.9. The SMILES string of the molecule is COc1ccc2c(c1)CCN(C(=O)c1[nH]nc(N)c1Cl)C2. The van der Waals surface area contributed by atoms with Gasteiger partial charge >= 0.3 is 0 Å². The molecule has 1 aliphatic rings. The minimum atomic E-state index is -0.189. The summed E-state index contributed by atoms with van der Waals surface area (Å²) in [6, 6.07) is 5.89. The third-order valence-corrected chi connectivity index (χ3v) is 4.04. The molecule has 0 atom stereocenters. The molecule has 3 rings (SSSR count). The number of ether oxygens (including phenoxy) is 1. The Morgan fingerprint density at radius 3 is 2.95 bits per heavy atom. The lowest BCUT2D eigenvalue weighted by molar-refractivity contribution is 0.0729. The first-order valence-electron chi connectivity index (χ1n) is 6.54. The van der Waals surface area contributed by atoms with E-state index in [4.69, 9.17) is 22.1 Å². The van der Waals surface area contributed by atoms with Gasteiger partial charge in [-0.2, -0.15) is 5.10 Å². The van der Waals surface area contributed by atoms with Crippen LogP contribution >= 0.6 is 11.6 Å². The second-order valence-corrected chi connectivity index (χ2v) is 5.29. The first-order valence-corrected chi connectivity index (χ1v) is 6.92. The van der Waals surface area contributed by atoms with Crippen LogP contribution < -0.4 is 10.5 Å². The number of H-pyrrole nitrogens is 1. The number of anilines is 1.